The first-order valence-electron chi connectivity index (χ1n) is 21.6. The smallest absolute Gasteiger partial charge is 0.374 e. The summed E-state index contributed by atoms with van der Waals surface area (Å²) in [5, 5.41) is 55.2. The molecule has 1 aliphatic heterocycles. The molecule has 1 aliphatic rings. The number of nitrogens with one attached hydrogen (secondary N) is 5. The molecule has 9 N–H and O–H groups in total. The molecule has 1 heterocycles. The Labute approximate surface area is 386 Å². The SMILES string of the molecule is CC(C)C[C@H](NC(=O)[C@H](CO)NC(=O)[C@H](CC(N)=O)NC(=O)[C@@H](Cc1ccccc1)NC(=O)[C@@H]1CCCN1C(=O)[C@H](CC(C)C)NC(=O)[C@@H](C)/[N+]([O-])=C/c1ccc([N+](=O)[O-])cc1)C(=O)C(=O)O. The van der Waals surface area contributed by atoms with Crippen molar-refractivity contribution in [2.45, 2.75) is 115 Å². The standard InChI is InChI=1S/C44H59N9O14/c1-24(2)18-30(37(56)44(63)64)46-41(60)34(23-54)50-40(59)32(21-36(45)55)47-39(58)31(20-27-10-7-6-8-11-27)48-42(61)35-12-9-17-51(35)43(62)33(19-25(3)4)49-38(57)26(5)52(65)22-28-13-15-29(16-14-28)53(66)67/h6-8,10-11,13-16,22,24-26,30-35,54H,9,12,17-21,23H2,1-5H3,(H2,45,55)(H,46,60)(H,47,58)(H,48,61)(H,49,57)(H,50,59)(H,63,64)/b52-22-/t26-,30+,31-,32+,33+,34+,35+/m1/s1. The van der Waals surface area contributed by atoms with Crippen molar-refractivity contribution < 1.29 is 63.0 Å². The summed E-state index contributed by atoms with van der Waals surface area (Å²) in [5.41, 5.74) is 6.05. The number of hydroxylamine groups is 1. The van der Waals surface area contributed by atoms with Gasteiger partial charge in [0.1, 0.15) is 30.2 Å². The molecular formula is C44H59N9O14. The van der Waals surface area contributed by atoms with E-state index in [1.165, 1.54) is 36.1 Å². The Balaban J connectivity index is 1.83. The zero-order valence-electron chi connectivity index (χ0n) is 37.8. The van der Waals surface area contributed by atoms with Crippen LogP contribution >= 0.6 is 0 Å². The second kappa shape index (κ2) is 25.4. The Morgan fingerprint density at radius 2 is 1.28 bits per heavy atom. The monoisotopic (exact) mass is 937 g/mol. The number of aliphatic hydroxyl groups is 1. The average Bonchev–Trinajstić information content (AvgIpc) is 3.76. The van der Waals surface area contributed by atoms with Gasteiger partial charge in [-0.05, 0) is 55.2 Å². The van der Waals surface area contributed by atoms with Gasteiger partial charge in [-0.25, -0.2) is 4.79 Å². The van der Waals surface area contributed by atoms with Crippen molar-refractivity contribution in [2.75, 3.05) is 13.2 Å². The van der Waals surface area contributed by atoms with Crippen LogP contribution in [-0.4, -0.2) is 140 Å². The molecule has 0 saturated carbocycles. The Bertz CT molecular complexity index is 2170. The van der Waals surface area contributed by atoms with Crippen molar-refractivity contribution in [2.24, 2.45) is 17.6 Å². The van der Waals surface area contributed by atoms with Crippen molar-refractivity contribution >= 4 is 65.0 Å². The molecule has 7 amide bonds. The first-order chi connectivity index (χ1) is 31.5. The lowest BCUT2D eigenvalue weighted by Crippen LogP contribution is -2.60. The van der Waals surface area contributed by atoms with Crippen molar-refractivity contribution in [1.82, 2.24) is 31.5 Å². The Kier molecular flexibility index (Phi) is 20.5. The fourth-order valence-electron chi connectivity index (χ4n) is 7.15. The van der Waals surface area contributed by atoms with Gasteiger partial charge in [0.15, 0.2) is 6.21 Å². The molecule has 23 nitrogen and oxygen atoms in total. The lowest BCUT2D eigenvalue weighted by molar-refractivity contribution is -0.477. The van der Waals surface area contributed by atoms with E-state index in [0.717, 1.165) is 6.21 Å². The highest BCUT2D eigenvalue weighted by atomic mass is 16.6. The van der Waals surface area contributed by atoms with Crippen LogP contribution in [0.15, 0.2) is 54.6 Å². The van der Waals surface area contributed by atoms with Gasteiger partial charge in [0, 0.05) is 37.6 Å². The summed E-state index contributed by atoms with van der Waals surface area (Å²) in [4.78, 5) is 130. The highest BCUT2D eigenvalue weighted by Crippen LogP contribution is 2.21. The number of hydrogen-bond acceptors (Lipinski definition) is 13. The molecule has 1 saturated heterocycles. The molecule has 23 heteroatoms. The van der Waals surface area contributed by atoms with E-state index in [2.05, 4.69) is 26.6 Å². The lowest BCUT2D eigenvalue weighted by atomic mass is 9.99. The normalized spacial score (nSPS) is 16.4. The Morgan fingerprint density at radius 3 is 1.84 bits per heavy atom. The van der Waals surface area contributed by atoms with Gasteiger partial charge in [-0.2, -0.15) is 4.74 Å². The number of likely N-dealkylation sites (tertiary alicyclic amines) is 1. The van der Waals surface area contributed by atoms with E-state index in [4.69, 9.17) is 5.73 Å². The molecule has 0 aromatic heterocycles. The molecule has 0 aliphatic carbocycles. The predicted molar refractivity (Wildman–Crippen MR) is 238 cm³/mol. The molecule has 0 unspecified atom stereocenters. The third-order valence-corrected chi connectivity index (χ3v) is 10.6. The van der Waals surface area contributed by atoms with E-state index < -0.39 is 113 Å². The number of rotatable bonds is 25. The number of nitro groups is 1. The van der Waals surface area contributed by atoms with Crippen molar-refractivity contribution in [3.05, 3.63) is 81.0 Å². The number of aliphatic hydroxyl groups excluding tert-OH is 1. The van der Waals surface area contributed by atoms with E-state index >= 15 is 0 Å². The largest absolute Gasteiger partial charge is 0.623 e. The number of carboxylic acid groups (broad SMARTS) is 1. The van der Waals surface area contributed by atoms with Crippen molar-refractivity contribution in [3.63, 3.8) is 0 Å². The zero-order chi connectivity index (χ0) is 50.1. The van der Waals surface area contributed by atoms with Crippen LogP contribution in [0.4, 0.5) is 5.69 Å². The number of primary amides is 1. The number of hydrogen-bond donors (Lipinski definition) is 8. The number of non-ortho nitro benzene ring substituents is 1. The van der Waals surface area contributed by atoms with Crippen molar-refractivity contribution in [1.29, 1.82) is 0 Å². The Hall–Kier alpha value is -7.30. The average molecular weight is 938 g/mol. The van der Waals surface area contributed by atoms with Crippen LogP contribution in [0.25, 0.3) is 0 Å². The van der Waals surface area contributed by atoms with E-state index in [-0.39, 0.29) is 55.3 Å². The van der Waals surface area contributed by atoms with Crippen LogP contribution in [0.1, 0.15) is 77.8 Å². The number of amides is 7. The van der Waals surface area contributed by atoms with Gasteiger partial charge >= 0.3 is 5.97 Å². The second-order valence-corrected chi connectivity index (χ2v) is 17.0. The molecule has 7 atom stereocenters. The number of carbonyl (C=O) groups excluding carboxylic acids is 8. The zero-order valence-corrected chi connectivity index (χ0v) is 37.8. The van der Waals surface area contributed by atoms with Crippen LogP contribution in [-0.2, 0) is 49.6 Å². The number of benzene rings is 2. The third-order valence-electron chi connectivity index (χ3n) is 10.6. The van der Waals surface area contributed by atoms with Crippen LogP contribution < -0.4 is 32.3 Å². The van der Waals surface area contributed by atoms with E-state index in [1.54, 1.807) is 58.0 Å². The van der Waals surface area contributed by atoms with Crippen molar-refractivity contribution in [3.8, 4) is 0 Å². The summed E-state index contributed by atoms with van der Waals surface area (Å²) in [6.07, 6.45) is 0.641. The summed E-state index contributed by atoms with van der Waals surface area (Å²) in [7, 11) is 0. The van der Waals surface area contributed by atoms with E-state index in [1.807, 2.05) is 0 Å². The number of nitrogens with zero attached hydrogens (tertiary/aromatic N) is 3. The third kappa shape index (κ3) is 16.6. The molecular weight excluding hydrogens is 879 g/mol. The quantitative estimate of drug-likeness (QED) is 0.0151. The molecule has 0 spiro atoms. The van der Waals surface area contributed by atoms with Crippen LogP contribution in [0.2, 0.25) is 0 Å². The first kappa shape index (κ1) is 54.0. The van der Waals surface area contributed by atoms with E-state index in [9.17, 15) is 68.7 Å². The summed E-state index contributed by atoms with van der Waals surface area (Å²) < 4.78 is 0.341. The molecule has 0 radical (unpaired) electrons. The highest BCUT2D eigenvalue weighted by Gasteiger charge is 2.41. The van der Waals surface area contributed by atoms with Gasteiger partial charge in [-0.15, -0.1) is 0 Å². The second-order valence-electron chi connectivity index (χ2n) is 17.0. The number of nitro benzene ring substituents is 1. The molecule has 0 bridgehead atoms. The van der Waals surface area contributed by atoms with Gasteiger partial charge in [-0.1, -0.05) is 58.0 Å². The fourth-order valence-corrected chi connectivity index (χ4v) is 7.15. The molecule has 2 aromatic carbocycles. The predicted octanol–water partition coefficient (Wildman–Crippen LogP) is -0.816. The first-order valence-corrected chi connectivity index (χ1v) is 21.6. The minimum atomic E-state index is -1.82. The topological polar surface area (TPSA) is 353 Å². The number of carbonyl (C=O) groups is 9. The number of ketones is 1. The molecule has 2 aromatic rings. The molecule has 3 rings (SSSR count). The van der Waals surface area contributed by atoms with Gasteiger partial charge in [0.2, 0.25) is 41.5 Å². The minimum absolute atomic E-state index is 0.0887. The van der Waals surface area contributed by atoms with Gasteiger partial charge in [0.05, 0.1) is 24.0 Å². The van der Waals surface area contributed by atoms with Crippen LogP contribution in [0.5, 0.6) is 0 Å². The summed E-state index contributed by atoms with van der Waals surface area (Å²) in [5.74, 6) is -10.1. The Morgan fingerprint density at radius 1 is 0.746 bits per heavy atom. The summed E-state index contributed by atoms with van der Waals surface area (Å²) >= 11 is 0. The molecule has 1 fully saturated rings. The minimum Gasteiger partial charge on any atom is -0.623 e. The fraction of sp³-hybridized carbons (Fsp3) is 0.500. The maximum Gasteiger partial charge on any atom is 0.374 e. The number of Topliss-reactive ketones (excluding diaryl/α,β-unsaturated/α-hetero) is 1. The summed E-state index contributed by atoms with van der Waals surface area (Å²) in [6, 6.07) is 3.24. The summed E-state index contributed by atoms with van der Waals surface area (Å²) in [6.45, 7) is 7.30. The van der Waals surface area contributed by atoms with Crippen LogP contribution in [0, 0.1) is 27.2 Å². The lowest BCUT2D eigenvalue weighted by Gasteiger charge is -2.31. The number of nitrogens with two attached hydrogens (primary N) is 1. The highest BCUT2D eigenvalue weighted by molar-refractivity contribution is 6.35. The van der Waals surface area contributed by atoms with Gasteiger partial charge in [0.25, 0.3) is 17.4 Å². The molecule has 67 heavy (non-hydrogen) atoms. The number of aliphatic carboxylic acids is 1. The maximum atomic E-state index is 14.2. The maximum absolute atomic E-state index is 14.2. The number of carboxylic acids is 1. The van der Waals surface area contributed by atoms with Gasteiger partial charge < -0.3 is 52.6 Å². The molecule has 364 valence electrons. The van der Waals surface area contributed by atoms with E-state index in [0.29, 0.717) is 16.7 Å². The van der Waals surface area contributed by atoms with Gasteiger partial charge in [-0.3, -0.25) is 48.5 Å². The van der Waals surface area contributed by atoms with Crippen LogP contribution in [0.3, 0.4) is 0 Å².